The molecule has 24 heavy (non-hydrogen) atoms. The first-order valence-corrected chi connectivity index (χ1v) is 8.16. The molecule has 0 aromatic heterocycles. The molecule has 0 saturated carbocycles. The molecular formula is C18H14N2O3S. The standard InChI is InChI=1S/C18H14N2O3S/c1-24-16-8-2-12(3-9-16)10-14(11-19)17(21)20-15-6-4-13(5-7-15)18(22)23/h2-10H,1H3,(H,20,21)(H,22,23)/b14-10+. The van der Waals surface area contributed by atoms with Crippen LogP contribution < -0.4 is 5.32 Å². The second-order valence-electron chi connectivity index (χ2n) is 4.78. The summed E-state index contributed by atoms with van der Waals surface area (Å²) in [5.74, 6) is -1.59. The zero-order valence-corrected chi connectivity index (χ0v) is 13.6. The number of carbonyl (C=O) groups is 2. The Bertz CT molecular complexity index is 819. The van der Waals surface area contributed by atoms with Crippen LogP contribution in [-0.4, -0.2) is 23.2 Å². The Kier molecular flexibility index (Phi) is 5.77. The third-order valence-electron chi connectivity index (χ3n) is 3.18. The number of nitrogens with zero attached hydrogens (tertiary/aromatic N) is 1. The van der Waals surface area contributed by atoms with E-state index < -0.39 is 11.9 Å². The van der Waals surface area contributed by atoms with E-state index in [1.54, 1.807) is 11.8 Å². The molecule has 2 N–H and O–H groups in total. The van der Waals surface area contributed by atoms with Gasteiger partial charge in [-0.3, -0.25) is 4.79 Å². The Morgan fingerprint density at radius 1 is 1.12 bits per heavy atom. The Morgan fingerprint density at radius 3 is 2.25 bits per heavy atom. The van der Waals surface area contributed by atoms with Crippen molar-refractivity contribution in [3.8, 4) is 6.07 Å². The van der Waals surface area contributed by atoms with Crippen molar-refractivity contribution >= 4 is 35.4 Å². The average Bonchev–Trinajstić information content (AvgIpc) is 2.60. The second-order valence-corrected chi connectivity index (χ2v) is 5.66. The highest BCUT2D eigenvalue weighted by Gasteiger charge is 2.10. The van der Waals surface area contributed by atoms with Gasteiger partial charge >= 0.3 is 5.97 Å². The minimum absolute atomic E-state index is 0.0331. The molecule has 0 atom stereocenters. The Morgan fingerprint density at radius 2 is 1.75 bits per heavy atom. The van der Waals surface area contributed by atoms with Gasteiger partial charge in [-0.05, 0) is 54.3 Å². The molecule has 0 aliphatic rings. The number of benzene rings is 2. The van der Waals surface area contributed by atoms with Gasteiger partial charge in [0.05, 0.1) is 5.56 Å². The number of aromatic carboxylic acids is 1. The van der Waals surface area contributed by atoms with Crippen molar-refractivity contribution in [1.82, 2.24) is 0 Å². The Balaban J connectivity index is 2.14. The third-order valence-corrected chi connectivity index (χ3v) is 3.93. The van der Waals surface area contributed by atoms with Gasteiger partial charge in [0.15, 0.2) is 0 Å². The summed E-state index contributed by atoms with van der Waals surface area (Å²) in [5.41, 5.74) is 1.26. The molecule has 1 amide bonds. The van der Waals surface area contributed by atoms with Crippen molar-refractivity contribution < 1.29 is 14.7 Å². The first-order chi connectivity index (χ1) is 11.5. The van der Waals surface area contributed by atoms with E-state index >= 15 is 0 Å². The zero-order chi connectivity index (χ0) is 17.5. The van der Waals surface area contributed by atoms with Crippen LogP contribution in [0, 0.1) is 11.3 Å². The van der Waals surface area contributed by atoms with Crippen LogP contribution in [0.5, 0.6) is 0 Å². The summed E-state index contributed by atoms with van der Waals surface area (Å²) in [4.78, 5) is 24.1. The maximum Gasteiger partial charge on any atom is 0.335 e. The number of carboxylic acids is 1. The number of nitriles is 1. The molecule has 0 bridgehead atoms. The van der Waals surface area contributed by atoms with Crippen LogP contribution in [0.4, 0.5) is 5.69 Å². The lowest BCUT2D eigenvalue weighted by molar-refractivity contribution is -0.112. The van der Waals surface area contributed by atoms with E-state index in [9.17, 15) is 14.9 Å². The highest BCUT2D eigenvalue weighted by atomic mass is 32.2. The van der Waals surface area contributed by atoms with E-state index in [0.717, 1.165) is 10.5 Å². The molecule has 0 spiro atoms. The molecule has 120 valence electrons. The van der Waals surface area contributed by atoms with Crippen LogP contribution in [0.15, 0.2) is 59.0 Å². The molecule has 0 radical (unpaired) electrons. The van der Waals surface area contributed by atoms with Crippen LogP contribution in [0.1, 0.15) is 15.9 Å². The van der Waals surface area contributed by atoms with Crippen molar-refractivity contribution in [2.45, 2.75) is 4.90 Å². The monoisotopic (exact) mass is 338 g/mol. The maximum absolute atomic E-state index is 12.2. The van der Waals surface area contributed by atoms with Crippen molar-refractivity contribution in [3.63, 3.8) is 0 Å². The molecule has 0 aliphatic heterocycles. The van der Waals surface area contributed by atoms with Crippen molar-refractivity contribution in [3.05, 3.63) is 65.2 Å². The van der Waals surface area contributed by atoms with E-state index in [4.69, 9.17) is 5.11 Å². The molecule has 0 aliphatic carbocycles. The highest BCUT2D eigenvalue weighted by molar-refractivity contribution is 7.98. The van der Waals surface area contributed by atoms with Gasteiger partial charge < -0.3 is 10.4 Å². The average molecular weight is 338 g/mol. The van der Waals surface area contributed by atoms with Crippen LogP contribution in [0.3, 0.4) is 0 Å². The quantitative estimate of drug-likeness (QED) is 0.493. The Hall–Kier alpha value is -3.04. The SMILES string of the molecule is CSc1ccc(/C=C(\C#N)C(=O)Nc2ccc(C(=O)O)cc2)cc1. The van der Waals surface area contributed by atoms with Gasteiger partial charge in [0.25, 0.3) is 5.91 Å². The highest BCUT2D eigenvalue weighted by Crippen LogP contribution is 2.17. The van der Waals surface area contributed by atoms with Crippen LogP contribution in [0.2, 0.25) is 0 Å². The van der Waals surface area contributed by atoms with Crippen LogP contribution in [-0.2, 0) is 4.79 Å². The summed E-state index contributed by atoms with van der Waals surface area (Å²) < 4.78 is 0. The van der Waals surface area contributed by atoms with E-state index in [1.165, 1.54) is 30.3 Å². The predicted octanol–water partition coefficient (Wildman–Crippen LogP) is 3.65. The number of thioether (sulfide) groups is 1. The van der Waals surface area contributed by atoms with E-state index in [1.807, 2.05) is 36.6 Å². The van der Waals surface area contributed by atoms with E-state index in [2.05, 4.69) is 5.32 Å². The van der Waals surface area contributed by atoms with Gasteiger partial charge in [-0.1, -0.05) is 12.1 Å². The van der Waals surface area contributed by atoms with Gasteiger partial charge in [0, 0.05) is 10.6 Å². The van der Waals surface area contributed by atoms with Crippen molar-refractivity contribution in [2.75, 3.05) is 11.6 Å². The molecule has 2 rings (SSSR count). The van der Waals surface area contributed by atoms with Crippen LogP contribution >= 0.6 is 11.8 Å². The number of carboxylic acid groups (broad SMARTS) is 1. The number of carbonyl (C=O) groups excluding carboxylic acids is 1. The summed E-state index contributed by atoms with van der Waals surface area (Å²) >= 11 is 1.61. The molecule has 0 saturated heterocycles. The fraction of sp³-hybridized carbons (Fsp3) is 0.0556. The van der Waals surface area contributed by atoms with E-state index in [0.29, 0.717) is 5.69 Å². The van der Waals surface area contributed by atoms with Crippen molar-refractivity contribution in [1.29, 1.82) is 5.26 Å². The third kappa shape index (κ3) is 4.48. The molecule has 2 aromatic rings. The molecule has 6 heteroatoms. The number of rotatable bonds is 5. The molecular weight excluding hydrogens is 324 g/mol. The lowest BCUT2D eigenvalue weighted by Crippen LogP contribution is -2.13. The first-order valence-electron chi connectivity index (χ1n) is 6.94. The van der Waals surface area contributed by atoms with Gasteiger partial charge in [0.1, 0.15) is 11.6 Å². The number of hydrogen-bond donors (Lipinski definition) is 2. The predicted molar refractivity (Wildman–Crippen MR) is 93.8 cm³/mol. The zero-order valence-electron chi connectivity index (χ0n) is 12.8. The smallest absolute Gasteiger partial charge is 0.335 e. The lowest BCUT2D eigenvalue weighted by atomic mass is 10.1. The largest absolute Gasteiger partial charge is 0.478 e. The maximum atomic E-state index is 12.2. The number of anilines is 1. The number of nitrogens with one attached hydrogen (secondary N) is 1. The fourth-order valence-electron chi connectivity index (χ4n) is 1.91. The van der Waals surface area contributed by atoms with Crippen LogP contribution in [0.25, 0.3) is 6.08 Å². The summed E-state index contributed by atoms with van der Waals surface area (Å²) in [5, 5.41) is 20.6. The lowest BCUT2D eigenvalue weighted by Gasteiger charge is -2.05. The first kappa shape index (κ1) is 17.3. The van der Waals surface area contributed by atoms with Gasteiger partial charge in [-0.25, -0.2) is 4.79 Å². The molecule has 0 fully saturated rings. The van der Waals surface area contributed by atoms with E-state index in [-0.39, 0.29) is 11.1 Å². The molecule has 2 aromatic carbocycles. The summed E-state index contributed by atoms with van der Waals surface area (Å²) in [6.45, 7) is 0. The van der Waals surface area contributed by atoms with Gasteiger partial charge in [-0.2, -0.15) is 5.26 Å². The minimum Gasteiger partial charge on any atom is -0.478 e. The normalized spacial score (nSPS) is 10.8. The van der Waals surface area contributed by atoms with Crippen molar-refractivity contribution in [2.24, 2.45) is 0 Å². The van der Waals surface area contributed by atoms with Gasteiger partial charge in [0.2, 0.25) is 0 Å². The minimum atomic E-state index is -1.04. The molecule has 5 nitrogen and oxygen atoms in total. The van der Waals surface area contributed by atoms with Gasteiger partial charge in [-0.15, -0.1) is 11.8 Å². The summed E-state index contributed by atoms with van der Waals surface area (Å²) in [6, 6.07) is 15.1. The Labute approximate surface area is 143 Å². The number of amides is 1. The number of hydrogen-bond acceptors (Lipinski definition) is 4. The molecule has 0 heterocycles. The summed E-state index contributed by atoms with van der Waals surface area (Å²) in [7, 11) is 0. The fourth-order valence-corrected chi connectivity index (χ4v) is 2.32. The summed E-state index contributed by atoms with van der Waals surface area (Å²) in [6.07, 6.45) is 3.47. The molecule has 0 unspecified atom stereocenters. The second kappa shape index (κ2) is 7.99. The topological polar surface area (TPSA) is 90.2 Å².